The molecule has 3 N–H and O–H groups in total. The first-order chi connectivity index (χ1) is 14.7. The Kier molecular flexibility index (Phi) is 3.63. The van der Waals surface area contributed by atoms with Gasteiger partial charge in [0.25, 0.3) is 0 Å². The average Bonchev–Trinajstić information content (AvgIpc) is 2.90. The van der Waals surface area contributed by atoms with Crippen LogP contribution in [0.15, 0.2) is 11.0 Å². The molecule has 0 saturated carbocycles. The van der Waals surface area contributed by atoms with E-state index in [1.54, 1.807) is 5.32 Å². The monoisotopic (exact) mass is 367 g/mol. The SMILES string of the molecule is [2H]C([2H])(C)C([2H])([2H])C([2H])([2H])C([2H])([2H])OC(=O)Nc1nc(=O)n([C@@H]2O[C@H](C)C(O)C2O)cc1F. The fraction of sp³-hybridized carbons (Fsp3) is 0.667. The maximum absolute atomic E-state index is 14.4. The van der Waals surface area contributed by atoms with Crippen molar-refractivity contribution in [2.75, 3.05) is 11.9 Å². The number of hydrogen-bond donors (Lipinski definition) is 3. The Hall–Kier alpha value is -2.04. The van der Waals surface area contributed by atoms with E-state index in [-0.39, 0.29) is 0 Å². The second-order valence-electron chi connectivity index (χ2n) is 4.96. The standard InChI is InChI=1S/C15H22FN3O6/c1-3-4-5-6-24-15(23)18-12-9(16)7-19(14(22)17-12)13-11(21)10(20)8(2)25-13/h7-8,10-11,13,20-21H,3-6H2,1-2H3,(H,17,18,22,23)/t8-,10?,11?,13-/m1/s1/i3D2,4D2,5D2,6D2. The quantitative estimate of drug-likeness (QED) is 0.678. The van der Waals surface area contributed by atoms with Crippen LogP contribution in [-0.4, -0.2) is 50.7 Å². The molecule has 2 unspecified atom stereocenters. The van der Waals surface area contributed by atoms with E-state index in [4.69, 9.17) is 15.7 Å². The summed E-state index contributed by atoms with van der Waals surface area (Å²) in [4.78, 5) is 27.4. The number of carbonyl (C=O) groups excluding carboxylic acids is 1. The Bertz CT molecular complexity index is 972. The van der Waals surface area contributed by atoms with Gasteiger partial charge in [0.1, 0.15) is 12.2 Å². The van der Waals surface area contributed by atoms with Crippen molar-refractivity contribution in [1.29, 1.82) is 0 Å². The summed E-state index contributed by atoms with van der Waals surface area (Å²) in [5.41, 5.74) is -1.24. The van der Waals surface area contributed by atoms with Gasteiger partial charge in [-0.15, -0.1) is 0 Å². The normalized spacial score (nSPS) is 32.8. The molecule has 4 atom stereocenters. The third-order valence-corrected chi connectivity index (χ3v) is 3.26. The lowest BCUT2D eigenvalue weighted by atomic mass is 10.1. The lowest BCUT2D eigenvalue weighted by molar-refractivity contribution is -0.0355. The Morgan fingerprint density at radius 3 is 2.84 bits per heavy atom. The van der Waals surface area contributed by atoms with E-state index in [1.165, 1.54) is 6.92 Å². The van der Waals surface area contributed by atoms with Crippen LogP contribution in [0.25, 0.3) is 0 Å². The number of halogens is 1. The Morgan fingerprint density at radius 1 is 1.52 bits per heavy atom. The summed E-state index contributed by atoms with van der Waals surface area (Å²) < 4.78 is 85.0. The molecule has 1 fully saturated rings. The Labute approximate surface area is 154 Å². The van der Waals surface area contributed by atoms with Crippen molar-refractivity contribution in [1.82, 2.24) is 9.55 Å². The molecule has 0 aliphatic carbocycles. The summed E-state index contributed by atoms with van der Waals surface area (Å²) >= 11 is 0. The van der Waals surface area contributed by atoms with Crippen molar-refractivity contribution in [3.8, 4) is 0 Å². The number of rotatable bonds is 6. The fourth-order valence-electron chi connectivity index (χ4n) is 2.05. The van der Waals surface area contributed by atoms with Gasteiger partial charge in [0.15, 0.2) is 17.9 Å². The molecule has 140 valence electrons. The lowest BCUT2D eigenvalue weighted by Gasteiger charge is -2.17. The first-order valence-electron chi connectivity index (χ1n) is 11.0. The number of nitrogens with one attached hydrogen (secondary N) is 1. The summed E-state index contributed by atoms with van der Waals surface area (Å²) in [7, 11) is 0. The molecule has 1 aliphatic rings. The molecule has 10 heteroatoms. The zero-order valence-electron chi connectivity index (χ0n) is 21.2. The van der Waals surface area contributed by atoms with Crippen LogP contribution in [0.3, 0.4) is 0 Å². The molecule has 2 rings (SSSR count). The number of anilines is 1. The minimum Gasteiger partial charge on any atom is -0.449 e. The number of aliphatic hydroxyl groups is 2. The Balaban J connectivity index is 2.24. The minimum atomic E-state index is -3.75. The average molecular weight is 367 g/mol. The minimum absolute atomic E-state index is 0.488. The second kappa shape index (κ2) is 8.37. The van der Waals surface area contributed by atoms with Gasteiger partial charge in [0, 0.05) is 8.22 Å². The summed E-state index contributed by atoms with van der Waals surface area (Å²) in [5, 5.41) is 21.2. The highest BCUT2D eigenvalue weighted by molar-refractivity contribution is 5.83. The highest BCUT2D eigenvalue weighted by Crippen LogP contribution is 2.28. The van der Waals surface area contributed by atoms with E-state index in [1.807, 2.05) is 0 Å². The van der Waals surface area contributed by atoms with Crippen LogP contribution in [0, 0.1) is 5.82 Å². The largest absolute Gasteiger partial charge is 0.449 e. The van der Waals surface area contributed by atoms with Crippen molar-refractivity contribution in [2.24, 2.45) is 0 Å². The summed E-state index contributed by atoms with van der Waals surface area (Å²) in [6.45, 7) is -1.68. The highest BCUT2D eigenvalue weighted by Gasteiger charge is 2.42. The molecule has 9 nitrogen and oxygen atoms in total. The molecule has 2 heterocycles. The maximum atomic E-state index is 14.4. The van der Waals surface area contributed by atoms with Gasteiger partial charge in [-0.1, -0.05) is 19.7 Å². The number of nitrogens with zero attached hydrogens (tertiary/aromatic N) is 2. The number of hydrogen-bond acceptors (Lipinski definition) is 7. The van der Waals surface area contributed by atoms with Crippen molar-refractivity contribution >= 4 is 11.9 Å². The second-order valence-corrected chi connectivity index (χ2v) is 4.96. The van der Waals surface area contributed by atoms with Crippen LogP contribution in [0.4, 0.5) is 15.0 Å². The zero-order chi connectivity index (χ0) is 25.7. The van der Waals surface area contributed by atoms with Gasteiger partial charge in [-0.2, -0.15) is 4.98 Å². The molecular weight excluding hydrogens is 337 g/mol. The van der Waals surface area contributed by atoms with Crippen LogP contribution >= 0.6 is 0 Å². The molecule has 1 saturated heterocycles. The third kappa shape index (κ3) is 4.53. The van der Waals surface area contributed by atoms with Gasteiger partial charge in [-0.3, -0.25) is 9.88 Å². The number of carbonyl (C=O) groups is 1. The summed E-state index contributed by atoms with van der Waals surface area (Å²) in [5.74, 6) is -2.44. The Morgan fingerprint density at radius 2 is 2.24 bits per heavy atom. The van der Waals surface area contributed by atoms with E-state index in [0.29, 0.717) is 17.7 Å². The number of aromatic nitrogens is 2. The summed E-state index contributed by atoms with van der Waals surface area (Å²) in [6, 6.07) is 0. The third-order valence-electron chi connectivity index (χ3n) is 3.26. The molecule has 0 aromatic carbocycles. The molecule has 1 aromatic rings. The number of ether oxygens (including phenoxy) is 2. The molecule has 0 bridgehead atoms. The molecule has 1 aromatic heterocycles. The van der Waals surface area contributed by atoms with Crippen LogP contribution in [0.2, 0.25) is 0 Å². The van der Waals surface area contributed by atoms with Crippen LogP contribution in [0.1, 0.15) is 50.2 Å². The highest BCUT2D eigenvalue weighted by atomic mass is 19.1. The van der Waals surface area contributed by atoms with E-state index in [9.17, 15) is 24.2 Å². The molecule has 0 spiro atoms. The fourth-order valence-corrected chi connectivity index (χ4v) is 2.05. The van der Waals surface area contributed by atoms with Gasteiger partial charge >= 0.3 is 11.8 Å². The number of amides is 1. The van der Waals surface area contributed by atoms with Crippen LogP contribution < -0.4 is 11.0 Å². The lowest BCUT2D eigenvalue weighted by Crippen LogP contribution is -2.36. The predicted octanol–water partition coefficient (Wildman–Crippen LogP) is 0.760. The van der Waals surface area contributed by atoms with Crippen LogP contribution in [0.5, 0.6) is 0 Å². The molecular formula is C15H22FN3O6. The molecule has 1 amide bonds. The van der Waals surface area contributed by atoms with E-state index in [0.717, 1.165) is 0 Å². The van der Waals surface area contributed by atoms with E-state index >= 15 is 0 Å². The van der Waals surface area contributed by atoms with Crippen LogP contribution in [-0.2, 0) is 9.47 Å². The zero-order valence-corrected chi connectivity index (χ0v) is 13.2. The van der Waals surface area contributed by atoms with Crippen molar-refractivity contribution < 1.29 is 39.8 Å². The maximum Gasteiger partial charge on any atom is 0.412 e. The molecule has 0 radical (unpaired) electrons. The van der Waals surface area contributed by atoms with Gasteiger partial charge in [-0.25, -0.2) is 14.0 Å². The predicted molar refractivity (Wildman–Crippen MR) is 84.5 cm³/mol. The van der Waals surface area contributed by atoms with Gasteiger partial charge in [0.05, 0.1) is 21.6 Å². The molecule has 1 aliphatic heterocycles. The van der Waals surface area contributed by atoms with Gasteiger partial charge in [-0.05, 0) is 13.3 Å². The smallest absolute Gasteiger partial charge is 0.412 e. The topological polar surface area (TPSA) is 123 Å². The van der Waals surface area contributed by atoms with Crippen molar-refractivity contribution in [2.45, 2.75) is 57.5 Å². The first-order valence-corrected chi connectivity index (χ1v) is 7.05. The molecule has 25 heavy (non-hydrogen) atoms. The van der Waals surface area contributed by atoms with Crippen molar-refractivity contribution in [3.63, 3.8) is 0 Å². The van der Waals surface area contributed by atoms with Crippen molar-refractivity contribution in [3.05, 3.63) is 22.5 Å². The van der Waals surface area contributed by atoms with E-state index < -0.39 is 73.6 Å². The van der Waals surface area contributed by atoms with Gasteiger partial charge < -0.3 is 19.7 Å². The first kappa shape index (κ1) is 10.8. The number of aliphatic hydroxyl groups excluding tert-OH is 2. The van der Waals surface area contributed by atoms with E-state index in [2.05, 4.69) is 9.72 Å². The van der Waals surface area contributed by atoms with Gasteiger partial charge in [0.2, 0.25) is 0 Å². The summed E-state index contributed by atoms with van der Waals surface area (Å²) in [6.07, 6.45) is -16.8.